The van der Waals surface area contributed by atoms with Gasteiger partial charge in [0.15, 0.2) is 5.76 Å². The van der Waals surface area contributed by atoms with Crippen LogP contribution in [0, 0.1) is 0 Å². The first kappa shape index (κ1) is 23.7. The van der Waals surface area contributed by atoms with Gasteiger partial charge in [-0.2, -0.15) is 0 Å². The number of hydrogen-bond donors (Lipinski definition) is 1. The zero-order valence-electron chi connectivity index (χ0n) is 16.8. The van der Waals surface area contributed by atoms with Crippen LogP contribution in [0.3, 0.4) is 0 Å². The van der Waals surface area contributed by atoms with Crippen LogP contribution >= 0.6 is 24.8 Å². The van der Waals surface area contributed by atoms with Gasteiger partial charge < -0.3 is 19.2 Å². The van der Waals surface area contributed by atoms with Crippen LogP contribution in [0.25, 0.3) is 11.0 Å². The first-order valence-corrected chi connectivity index (χ1v) is 9.29. The Morgan fingerprint density at radius 3 is 2.50 bits per heavy atom. The highest BCUT2D eigenvalue weighted by atomic mass is 35.5. The molecule has 3 heterocycles. The quantitative estimate of drug-likeness (QED) is 0.656. The van der Waals surface area contributed by atoms with E-state index in [1.807, 2.05) is 30.1 Å². The largest absolute Gasteiger partial charge is 0.459 e. The van der Waals surface area contributed by atoms with Crippen molar-refractivity contribution in [3.63, 3.8) is 0 Å². The minimum Gasteiger partial charge on any atom is -0.459 e. The van der Waals surface area contributed by atoms with Gasteiger partial charge in [-0.3, -0.25) is 14.5 Å². The number of imidazole rings is 1. The molecule has 1 fully saturated rings. The molecule has 1 aliphatic heterocycles. The molecule has 0 radical (unpaired) electrons. The molecule has 10 heteroatoms. The number of aromatic nitrogens is 2. The van der Waals surface area contributed by atoms with Gasteiger partial charge in [0.2, 0.25) is 5.91 Å². The van der Waals surface area contributed by atoms with E-state index in [4.69, 9.17) is 9.40 Å². The summed E-state index contributed by atoms with van der Waals surface area (Å²) in [7, 11) is 2.00. The number of amides is 2. The third-order valence-electron chi connectivity index (χ3n) is 5.16. The van der Waals surface area contributed by atoms with Crippen molar-refractivity contribution in [1.29, 1.82) is 0 Å². The molecule has 0 atom stereocenters. The summed E-state index contributed by atoms with van der Waals surface area (Å²) in [5.74, 6) is 1.07. The number of furan rings is 1. The maximum absolute atomic E-state index is 12.2. The second-order valence-corrected chi connectivity index (χ2v) is 7.00. The molecule has 1 N–H and O–H groups in total. The summed E-state index contributed by atoms with van der Waals surface area (Å²) in [4.78, 5) is 32.6. The smallest absolute Gasteiger partial charge is 0.291 e. The molecule has 0 saturated carbocycles. The van der Waals surface area contributed by atoms with Crippen molar-refractivity contribution < 1.29 is 14.0 Å². The minimum atomic E-state index is -0.288. The van der Waals surface area contributed by atoms with Crippen molar-refractivity contribution in [1.82, 2.24) is 19.4 Å². The zero-order chi connectivity index (χ0) is 19.7. The van der Waals surface area contributed by atoms with E-state index in [1.54, 1.807) is 19.1 Å². The standard InChI is InChI=1S/C20H23N5O3.2ClH/c1-14(26)25-9-7-24(8-10-25)13-19-22-16-12-15(5-6-17(16)23(19)2)21-20(27)18-4-3-11-28-18;;/h3-6,11-12H,7-10,13H2,1-2H3,(H,21,27);2*1H. The summed E-state index contributed by atoms with van der Waals surface area (Å²) in [6.45, 7) is 5.53. The average molecular weight is 454 g/mol. The Kier molecular flexibility index (Phi) is 7.89. The van der Waals surface area contributed by atoms with Gasteiger partial charge in [0.25, 0.3) is 5.91 Å². The van der Waals surface area contributed by atoms with Crippen LogP contribution < -0.4 is 5.32 Å². The van der Waals surface area contributed by atoms with Crippen LogP contribution in [0.5, 0.6) is 0 Å². The lowest BCUT2D eigenvalue weighted by atomic mass is 10.2. The third kappa shape index (κ3) is 4.95. The molecule has 0 aliphatic carbocycles. The number of nitrogens with zero attached hydrogens (tertiary/aromatic N) is 4. The Morgan fingerprint density at radius 2 is 1.87 bits per heavy atom. The number of fused-ring (bicyclic) bond motifs is 1. The van der Waals surface area contributed by atoms with Gasteiger partial charge in [0, 0.05) is 45.8 Å². The second-order valence-electron chi connectivity index (χ2n) is 7.00. The van der Waals surface area contributed by atoms with Gasteiger partial charge in [-0.15, -0.1) is 24.8 Å². The molecule has 0 bridgehead atoms. The van der Waals surface area contributed by atoms with E-state index in [9.17, 15) is 9.59 Å². The first-order valence-electron chi connectivity index (χ1n) is 9.29. The fourth-order valence-electron chi connectivity index (χ4n) is 3.49. The summed E-state index contributed by atoms with van der Waals surface area (Å²) in [6.07, 6.45) is 1.47. The number of halogens is 2. The summed E-state index contributed by atoms with van der Waals surface area (Å²) in [5.41, 5.74) is 2.51. The van der Waals surface area contributed by atoms with E-state index in [2.05, 4.69) is 14.8 Å². The van der Waals surface area contributed by atoms with Crippen LogP contribution in [0.4, 0.5) is 5.69 Å². The molecule has 2 aromatic heterocycles. The van der Waals surface area contributed by atoms with Crippen LogP contribution in [-0.4, -0.2) is 57.3 Å². The molecule has 30 heavy (non-hydrogen) atoms. The Morgan fingerprint density at radius 1 is 1.13 bits per heavy atom. The summed E-state index contributed by atoms with van der Waals surface area (Å²) in [6, 6.07) is 8.99. The third-order valence-corrected chi connectivity index (χ3v) is 5.16. The van der Waals surface area contributed by atoms with Crippen molar-refractivity contribution in [2.24, 2.45) is 7.05 Å². The molecular formula is C20H25Cl2N5O3. The lowest BCUT2D eigenvalue weighted by Gasteiger charge is -2.33. The van der Waals surface area contributed by atoms with Gasteiger partial charge in [-0.05, 0) is 30.3 Å². The van der Waals surface area contributed by atoms with Gasteiger partial charge in [0.05, 0.1) is 23.8 Å². The number of nitrogens with one attached hydrogen (secondary N) is 1. The molecule has 0 spiro atoms. The van der Waals surface area contributed by atoms with E-state index < -0.39 is 0 Å². The number of benzene rings is 1. The summed E-state index contributed by atoms with van der Waals surface area (Å²) in [5, 5.41) is 2.83. The predicted molar refractivity (Wildman–Crippen MR) is 119 cm³/mol. The molecule has 162 valence electrons. The monoisotopic (exact) mass is 453 g/mol. The first-order chi connectivity index (χ1) is 13.5. The van der Waals surface area contributed by atoms with Gasteiger partial charge in [-0.25, -0.2) is 4.98 Å². The Balaban J connectivity index is 0.00000160. The molecule has 1 aliphatic rings. The number of aryl methyl sites for hydroxylation is 1. The van der Waals surface area contributed by atoms with Crippen LogP contribution in [0.15, 0.2) is 41.0 Å². The predicted octanol–water partition coefficient (Wildman–Crippen LogP) is 2.93. The van der Waals surface area contributed by atoms with Crippen LogP contribution in [0.2, 0.25) is 0 Å². The normalized spacial score (nSPS) is 14.1. The lowest BCUT2D eigenvalue weighted by molar-refractivity contribution is -0.130. The zero-order valence-corrected chi connectivity index (χ0v) is 18.5. The molecule has 8 nitrogen and oxygen atoms in total. The molecule has 1 aromatic carbocycles. The van der Waals surface area contributed by atoms with Crippen LogP contribution in [0.1, 0.15) is 23.3 Å². The highest BCUT2D eigenvalue weighted by Crippen LogP contribution is 2.21. The number of carbonyl (C=O) groups is 2. The molecular weight excluding hydrogens is 429 g/mol. The highest BCUT2D eigenvalue weighted by molar-refractivity contribution is 6.03. The molecule has 2 amide bonds. The Hall–Kier alpha value is -2.55. The lowest BCUT2D eigenvalue weighted by Crippen LogP contribution is -2.47. The fourth-order valence-corrected chi connectivity index (χ4v) is 3.49. The van der Waals surface area contributed by atoms with Gasteiger partial charge in [0.1, 0.15) is 5.82 Å². The summed E-state index contributed by atoms with van der Waals surface area (Å²) < 4.78 is 7.20. The van der Waals surface area contributed by atoms with Gasteiger partial charge >= 0.3 is 0 Å². The average Bonchev–Trinajstić information content (AvgIpc) is 3.31. The van der Waals surface area contributed by atoms with Crippen molar-refractivity contribution >= 4 is 53.3 Å². The molecule has 4 rings (SSSR count). The van der Waals surface area contributed by atoms with Gasteiger partial charge in [-0.1, -0.05) is 0 Å². The SMILES string of the molecule is CC(=O)N1CCN(Cc2nc3cc(NC(=O)c4ccco4)ccc3n2C)CC1.Cl.Cl. The fraction of sp³-hybridized carbons (Fsp3) is 0.350. The minimum absolute atomic E-state index is 0. The molecule has 1 saturated heterocycles. The van der Waals surface area contributed by atoms with Crippen molar-refractivity contribution in [3.8, 4) is 0 Å². The van der Waals surface area contributed by atoms with E-state index in [0.717, 1.165) is 49.6 Å². The number of piperazine rings is 1. The highest BCUT2D eigenvalue weighted by Gasteiger charge is 2.20. The van der Waals surface area contributed by atoms with E-state index in [0.29, 0.717) is 5.69 Å². The number of anilines is 1. The van der Waals surface area contributed by atoms with Crippen molar-refractivity contribution in [2.45, 2.75) is 13.5 Å². The second kappa shape index (κ2) is 9.97. The number of hydrogen-bond acceptors (Lipinski definition) is 5. The van der Waals surface area contributed by atoms with E-state index >= 15 is 0 Å². The van der Waals surface area contributed by atoms with Crippen molar-refractivity contribution in [3.05, 3.63) is 48.2 Å². The van der Waals surface area contributed by atoms with E-state index in [-0.39, 0.29) is 42.4 Å². The Bertz CT molecular complexity index is 1010. The van der Waals surface area contributed by atoms with E-state index in [1.165, 1.54) is 6.26 Å². The van der Waals surface area contributed by atoms with Crippen molar-refractivity contribution in [2.75, 3.05) is 31.5 Å². The van der Waals surface area contributed by atoms with Crippen LogP contribution in [-0.2, 0) is 18.4 Å². The Labute approximate surface area is 187 Å². The topological polar surface area (TPSA) is 83.6 Å². The molecule has 0 unspecified atom stereocenters. The molecule has 3 aromatic rings. The number of carbonyl (C=O) groups excluding carboxylic acids is 2. The maximum Gasteiger partial charge on any atom is 0.291 e. The summed E-state index contributed by atoms with van der Waals surface area (Å²) >= 11 is 0. The number of rotatable bonds is 4. The maximum atomic E-state index is 12.2.